The number of rotatable bonds is 2. The molecular formula is C7H16N2O2. The predicted molar refractivity (Wildman–Crippen MR) is 42.6 cm³/mol. The van der Waals surface area contributed by atoms with Crippen molar-refractivity contribution >= 4 is 5.91 Å². The molecule has 0 saturated heterocycles. The third-order valence-electron chi connectivity index (χ3n) is 1.40. The Hall–Kier alpha value is -0.610. The molecule has 0 rings (SSSR count). The summed E-state index contributed by atoms with van der Waals surface area (Å²) in [6, 6.07) is 0. The molecule has 0 saturated carbocycles. The van der Waals surface area contributed by atoms with Crippen molar-refractivity contribution in [1.29, 1.82) is 0 Å². The Labute approximate surface area is 67.1 Å². The van der Waals surface area contributed by atoms with Crippen LogP contribution < -0.4 is 11.3 Å². The SMILES string of the molecule is COC(C(=O)NN)C(C)(C)C. The van der Waals surface area contributed by atoms with Gasteiger partial charge in [0, 0.05) is 7.11 Å². The van der Waals surface area contributed by atoms with Crippen molar-refractivity contribution < 1.29 is 9.53 Å². The van der Waals surface area contributed by atoms with Crippen LogP contribution in [0.2, 0.25) is 0 Å². The van der Waals surface area contributed by atoms with E-state index in [1.54, 1.807) is 0 Å². The summed E-state index contributed by atoms with van der Waals surface area (Å²) in [4.78, 5) is 11.0. The second-order valence-corrected chi connectivity index (χ2v) is 3.49. The normalized spacial score (nSPS) is 14.3. The number of hydrogen-bond acceptors (Lipinski definition) is 3. The summed E-state index contributed by atoms with van der Waals surface area (Å²) in [5.74, 6) is 4.67. The summed E-state index contributed by atoms with van der Waals surface area (Å²) in [5.41, 5.74) is 1.83. The summed E-state index contributed by atoms with van der Waals surface area (Å²) in [7, 11) is 1.49. The van der Waals surface area contributed by atoms with Gasteiger partial charge in [0.25, 0.3) is 5.91 Å². The summed E-state index contributed by atoms with van der Waals surface area (Å²) in [5, 5.41) is 0. The molecule has 66 valence electrons. The van der Waals surface area contributed by atoms with Gasteiger partial charge in [-0.25, -0.2) is 5.84 Å². The van der Waals surface area contributed by atoms with E-state index in [1.165, 1.54) is 7.11 Å². The first kappa shape index (κ1) is 10.4. The molecule has 0 radical (unpaired) electrons. The van der Waals surface area contributed by atoms with E-state index < -0.39 is 6.10 Å². The maximum atomic E-state index is 11.0. The van der Waals surface area contributed by atoms with Crippen LogP contribution in [-0.4, -0.2) is 19.1 Å². The summed E-state index contributed by atoms with van der Waals surface area (Å²) < 4.78 is 4.98. The Balaban J connectivity index is 4.29. The number of hydrazine groups is 1. The molecule has 0 aliphatic heterocycles. The van der Waals surface area contributed by atoms with Gasteiger partial charge in [0.1, 0.15) is 6.10 Å². The fourth-order valence-electron chi connectivity index (χ4n) is 0.930. The van der Waals surface area contributed by atoms with Crippen LogP contribution in [-0.2, 0) is 9.53 Å². The second-order valence-electron chi connectivity index (χ2n) is 3.49. The molecule has 0 spiro atoms. The lowest BCUT2D eigenvalue weighted by molar-refractivity contribution is -0.137. The van der Waals surface area contributed by atoms with Crippen LogP contribution >= 0.6 is 0 Å². The van der Waals surface area contributed by atoms with E-state index in [0.717, 1.165) is 0 Å². The molecule has 3 N–H and O–H groups in total. The molecule has 0 bridgehead atoms. The van der Waals surface area contributed by atoms with Crippen molar-refractivity contribution in [2.24, 2.45) is 11.3 Å². The minimum absolute atomic E-state index is 0.224. The molecule has 0 heterocycles. The van der Waals surface area contributed by atoms with E-state index in [9.17, 15) is 4.79 Å². The molecule has 0 aliphatic carbocycles. The summed E-state index contributed by atoms with van der Waals surface area (Å²) in [6.07, 6.45) is -0.493. The number of nitrogens with one attached hydrogen (secondary N) is 1. The summed E-state index contributed by atoms with van der Waals surface area (Å²) in [6.45, 7) is 5.74. The van der Waals surface area contributed by atoms with Crippen LogP contribution in [0.25, 0.3) is 0 Å². The fraction of sp³-hybridized carbons (Fsp3) is 0.857. The highest BCUT2D eigenvalue weighted by molar-refractivity contribution is 5.80. The fourth-order valence-corrected chi connectivity index (χ4v) is 0.930. The first-order valence-corrected chi connectivity index (χ1v) is 3.46. The van der Waals surface area contributed by atoms with E-state index in [-0.39, 0.29) is 11.3 Å². The molecule has 0 aromatic rings. The van der Waals surface area contributed by atoms with Gasteiger partial charge in [0.05, 0.1) is 0 Å². The monoisotopic (exact) mass is 160 g/mol. The molecule has 0 aliphatic rings. The quantitative estimate of drug-likeness (QED) is 0.340. The van der Waals surface area contributed by atoms with Gasteiger partial charge in [0.15, 0.2) is 0 Å². The van der Waals surface area contributed by atoms with Crippen LogP contribution in [0.1, 0.15) is 20.8 Å². The molecule has 4 heteroatoms. The maximum absolute atomic E-state index is 11.0. The van der Waals surface area contributed by atoms with E-state index >= 15 is 0 Å². The van der Waals surface area contributed by atoms with E-state index in [2.05, 4.69) is 5.43 Å². The topological polar surface area (TPSA) is 64.3 Å². The highest BCUT2D eigenvalue weighted by Crippen LogP contribution is 2.21. The van der Waals surface area contributed by atoms with Gasteiger partial charge in [-0.3, -0.25) is 10.2 Å². The molecule has 1 amide bonds. The van der Waals surface area contributed by atoms with Crippen LogP contribution in [0, 0.1) is 5.41 Å². The van der Waals surface area contributed by atoms with Crippen molar-refractivity contribution in [3.05, 3.63) is 0 Å². The number of hydrogen-bond donors (Lipinski definition) is 2. The number of ether oxygens (including phenoxy) is 1. The molecule has 0 aromatic heterocycles. The first-order chi connectivity index (χ1) is 4.93. The zero-order chi connectivity index (χ0) is 9.07. The van der Waals surface area contributed by atoms with E-state index in [0.29, 0.717) is 0 Å². The number of methoxy groups -OCH3 is 1. The Morgan fingerprint density at radius 3 is 2.09 bits per heavy atom. The summed E-state index contributed by atoms with van der Waals surface area (Å²) >= 11 is 0. The highest BCUT2D eigenvalue weighted by atomic mass is 16.5. The lowest BCUT2D eigenvalue weighted by Crippen LogP contribution is -2.46. The number of carbonyl (C=O) groups is 1. The van der Waals surface area contributed by atoms with Crippen LogP contribution in [0.4, 0.5) is 0 Å². The lowest BCUT2D eigenvalue weighted by atomic mass is 9.88. The average molecular weight is 160 g/mol. The maximum Gasteiger partial charge on any atom is 0.263 e. The van der Waals surface area contributed by atoms with Crippen molar-refractivity contribution in [2.45, 2.75) is 26.9 Å². The smallest absolute Gasteiger partial charge is 0.263 e. The van der Waals surface area contributed by atoms with Gasteiger partial charge < -0.3 is 4.74 Å². The number of nitrogens with two attached hydrogens (primary N) is 1. The Morgan fingerprint density at radius 2 is 2.00 bits per heavy atom. The largest absolute Gasteiger partial charge is 0.371 e. The van der Waals surface area contributed by atoms with Crippen LogP contribution in [0.5, 0.6) is 0 Å². The van der Waals surface area contributed by atoms with Crippen molar-refractivity contribution in [2.75, 3.05) is 7.11 Å². The zero-order valence-electron chi connectivity index (χ0n) is 7.47. The molecule has 0 aromatic carbocycles. The minimum Gasteiger partial charge on any atom is -0.371 e. The van der Waals surface area contributed by atoms with Crippen molar-refractivity contribution in [1.82, 2.24) is 5.43 Å². The Bertz CT molecular complexity index is 140. The molecule has 0 fully saturated rings. The van der Waals surface area contributed by atoms with Gasteiger partial charge >= 0.3 is 0 Å². The second kappa shape index (κ2) is 3.69. The zero-order valence-corrected chi connectivity index (χ0v) is 7.47. The van der Waals surface area contributed by atoms with Crippen molar-refractivity contribution in [3.63, 3.8) is 0 Å². The Morgan fingerprint density at radius 1 is 1.55 bits per heavy atom. The molecule has 1 atom stereocenters. The third-order valence-corrected chi connectivity index (χ3v) is 1.40. The van der Waals surface area contributed by atoms with E-state index in [4.69, 9.17) is 10.6 Å². The molecule has 1 unspecified atom stereocenters. The third kappa shape index (κ3) is 2.86. The van der Waals surface area contributed by atoms with Gasteiger partial charge in [-0.05, 0) is 5.41 Å². The van der Waals surface area contributed by atoms with Gasteiger partial charge in [0.2, 0.25) is 0 Å². The minimum atomic E-state index is -0.493. The van der Waals surface area contributed by atoms with Gasteiger partial charge in [-0.15, -0.1) is 0 Å². The predicted octanol–water partition coefficient (Wildman–Crippen LogP) is 0.0374. The molecule has 11 heavy (non-hydrogen) atoms. The lowest BCUT2D eigenvalue weighted by Gasteiger charge is -2.27. The first-order valence-electron chi connectivity index (χ1n) is 3.46. The average Bonchev–Trinajstić information content (AvgIpc) is 1.86. The molecular weight excluding hydrogens is 144 g/mol. The van der Waals surface area contributed by atoms with Gasteiger partial charge in [-0.1, -0.05) is 20.8 Å². The molecule has 4 nitrogen and oxygen atoms in total. The number of carbonyl (C=O) groups excluding carboxylic acids is 1. The Kier molecular flexibility index (Phi) is 3.48. The van der Waals surface area contributed by atoms with Crippen LogP contribution in [0.15, 0.2) is 0 Å². The highest BCUT2D eigenvalue weighted by Gasteiger charge is 2.30. The van der Waals surface area contributed by atoms with E-state index in [1.807, 2.05) is 20.8 Å². The number of amides is 1. The van der Waals surface area contributed by atoms with Crippen LogP contribution in [0.3, 0.4) is 0 Å². The van der Waals surface area contributed by atoms with Crippen molar-refractivity contribution in [3.8, 4) is 0 Å². The van der Waals surface area contributed by atoms with Gasteiger partial charge in [-0.2, -0.15) is 0 Å². The standard InChI is InChI=1S/C7H16N2O2/c1-7(2,3)5(11-4)6(10)9-8/h5H,8H2,1-4H3,(H,9,10).